The lowest BCUT2D eigenvalue weighted by Crippen LogP contribution is -2.22. The van der Waals surface area contributed by atoms with Crippen molar-refractivity contribution >= 4 is 0 Å². The highest BCUT2D eigenvalue weighted by molar-refractivity contribution is 5.27. The zero-order valence-electron chi connectivity index (χ0n) is 7.72. The lowest BCUT2D eigenvalue weighted by atomic mass is 9.73. The molecule has 1 rings (SSSR count). The average molecular weight is 149 g/mol. The second-order valence-electron chi connectivity index (χ2n) is 3.76. The number of hydrogen-bond acceptors (Lipinski definition) is 0. The summed E-state index contributed by atoms with van der Waals surface area (Å²) in [6.45, 7) is 10.7. The van der Waals surface area contributed by atoms with Gasteiger partial charge in [0.15, 0.2) is 0 Å². The molecule has 0 amide bonds. The Kier molecular flexibility index (Phi) is 2.22. The Morgan fingerprint density at radius 2 is 2.27 bits per heavy atom. The Morgan fingerprint density at radius 3 is 2.73 bits per heavy atom. The van der Waals surface area contributed by atoms with Gasteiger partial charge in [0.05, 0.1) is 0 Å². The average Bonchev–Trinajstić information content (AvgIpc) is 1.94. The maximum absolute atomic E-state index is 4.18. The van der Waals surface area contributed by atoms with Crippen molar-refractivity contribution in [2.24, 2.45) is 11.3 Å². The third-order valence-corrected chi connectivity index (χ3v) is 2.48. The molecule has 0 heterocycles. The first-order valence-electron chi connectivity index (χ1n) is 4.29. The fourth-order valence-corrected chi connectivity index (χ4v) is 1.59. The van der Waals surface area contributed by atoms with Crippen molar-refractivity contribution in [1.82, 2.24) is 0 Å². The summed E-state index contributed by atoms with van der Waals surface area (Å²) in [7, 11) is 0. The molecule has 0 aromatic rings. The van der Waals surface area contributed by atoms with Crippen molar-refractivity contribution in [2.45, 2.75) is 27.2 Å². The molecule has 0 saturated heterocycles. The maximum atomic E-state index is 4.18. The van der Waals surface area contributed by atoms with Crippen LogP contribution in [0.1, 0.15) is 27.2 Å². The molecule has 0 saturated carbocycles. The van der Waals surface area contributed by atoms with E-state index in [1.807, 2.05) is 0 Å². The van der Waals surface area contributed by atoms with E-state index < -0.39 is 0 Å². The molecule has 0 spiro atoms. The third-order valence-electron chi connectivity index (χ3n) is 2.48. The molecule has 11 heavy (non-hydrogen) atoms. The predicted molar refractivity (Wildman–Crippen MR) is 50.1 cm³/mol. The van der Waals surface area contributed by atoms with Crippen LogP contribution in [-0.2, 0) is 0 Å². The van der Waals surface area contributed by atoms with E-state index in [1.165, 1.54) is 12.0 Å². The van der Waals surface area contributed by atoms with E-state index in [9.17, 15) is 0 Å². The van der Waals surface area contributed by atoms with Crippen molar-refractivity contribution in [3.63, 3.8) is 0 Å². The lowest BCUT2D eigenvalue weighted by molar-refractivity contribution is 0.372. The SMILES string of the molecule is [CH2]C1(C)C=CC(C)=CC1CC. The van der Waals surface area contributed by atoms with Crippen LogP contribution in [0.5, 0.6) is 0 Å². The van der Waals surface area contributed by atoms with Crippen LogP contribution in [-0.4, -0.2) is 0 Å². The van der Waals surface area contributed by atoms with Crippen molar-refractivity contribution in [2.75, 3.05) is 0 Å². The number of allylic oxidation sites excluding steroid dienone is 4. The maximum Gasteiger partial charge on any atom is -0.00802 e. The van der Waals surface area contributed by atoms with Crippen molar-refractivity contribution in [1.29, 1.82) is 0 Å². The highest BCUT2D eigenvalue weighted by Gasteiger charge is 2.25. The van der Waals surface area contributed by atoms with Gasteiger partial charge in [0.25, 0.3) is 0 Å². The molecule has 0 heteroatoms. The Bertz CT molecular complexity index is 194. The Labute approximate surface area is 70.0 Å². The monoisotopic (exact) mass is 149 g/mol. The van der Waals surface area contributed by atoms with Gasteiger partial charge < -0.3 is 0 Å². The highest BCUT2D eigenvalue weighted by atomic mass is 14.3. The minimum Gasteiger partial charge on any atom is -0.0777 e. The van der Waals surface area contributed by atoms with Gasteiger partial charge in [0, 0.05) is 0 Å². The summed E-state index contributed by atoms with van der Waals surface area (Å²) < 4.78 is 0. The zero-order valence-corrected chi connectivity index (χ0v) is 7.72. The minimum absolute atomic E-state index is 0.119. The van der Waals surface area contributed by atoms with Crippen LogP contribution < -0.4 is 0 Å². The minimum atomic E-state index is 0.119. The van der Waals surface area contributed by atoms with Gasteiger partial charge in [0.1, 0.15) is 0 Å². The summed E-state index contributed by atoms with van der Waals surface area (Å²) in [6.07, 6.45) is 7.89. The Balaban J connectivity index is 2.84. The van der Waals surface area contributed by atoms with Gasteiger partial charge in [-0.25, -0.2) is 0 Å². The fourth-order valence-electron chi connectivity index (χ4n) is 1.59. The van der Waals surface area contributed by atoms with E-state index in [-0.39, 0.29) is 5.41 Å². The molecule has 0 aliphatic heterocycles. The molecule has 1 aliphatic carbocycles. The van der Waals surface area contributed by atoms with Gasteiger partial charge in [-0.3, -0.25) is 0 Å². The quantitative estimate of drug-likeness (QED) is 0.536. The summed E-state index contributed by atoms with van der Waals surface area (Å²) >= 11 is 0. The zero-order chi connectivity index (χ0) is 8.48. The van der Waals surface area contributed by atoms with Crippen molar-refractivity contribution in [3.8, 4) is 0 Å². The van der Waals surface area contributed by atoms with Crippen LogP contribution >= 0.6 is 0 Å². The van der Waals surface area contributed by atoms with Crippen LogP contribution in [0.4, 0.5) is 0 Å². The Hall–Kier alpha value is -0.520. The summed E-state index contributed by atoms with van der Waals surface area (Å²) in [6, 6.07) is 0. The van der Waals surface area contributed by atoms with Gasteiger partial charge in [-0.05, 0) is 31.6 Å². The van der Waals surface area contributed by atoms with Gasteiger partial charge >= 0.3 is 0 Å². The second kappa shape index (κ2) is 2.84. The molecular weight excluding hydrogens is 132 g/mol. The summed E-state index contributed by atoms with van der Waals surface area (Å²) in [5, 5.41) is 0. The van der Waals surface area contributed by atoms with Crippen LogP contribution in [0.2, 0.25) is 0 Å². The number of rotatable bonds is 1. The van der Waals surface area contributed by atoms with E-state index in [1.54, 1.807) is 0 Å². The molecule has 61 valence electrons. The van der Waals surface area contributed by atoms with Crippen LogP contribution in [0.3, 0.4) is 0 Å². The number of hydrogen-bond donors (Lipinski definition) is 0. The first kappa shape index (κ1) is 8.58. The molecular formula is C11H17. The highest BCUT2D eigenvalue weighted by Crippen LogP contribution is 2.35. The second-order valence-corrected chi connectivity index (χ2v) is 3.76. The molecule has 0 aromatic heterocycles. The van der Waals surface area contributed by atoms with Gasteiger partial charge in [0.2, 0.25) is 0 Å². The standard InChI is InChI=1S/C11H17/c1-5-10-8-9(2)6-7-11(10,3)4/h6-8,10H,3,5H2,1-2,4H3. The third kappa shape index (κ3) is 1.74. The van der Waals surface area contributed by atoms with E-state index in [2.05, 4.69) is 45.9 Å². The largest absolute Gasteiger partial charge is 0.0777 e. The van der Waals surface area contributed by atoms with E-state index in [0.717, 1.165) is 0 Å². The van der Waals surface area contributed by atoms with E-state index in [0.29, 0.717) is 5.92 Å². The van der Waals surface area contributed by atoms with Crippen LogP contribution in [0.15, 0.2) is 23.8 Å². The van der Waals surface area contributed by atoms with Gasteiger partial charge in [-0.2, -0.15) is 0 Å². The fraction of sp³-hybridized carbons (Fsp3) is 0.545. The molecule has 0 N–H and O–H groups in total. The molecule has 0 fully saturated rings. The van der Waals surface area contributed by atoms with E-state index in [4.69, 9.17) is 0 Å². The summed E-state index contributed by atoms with van der Waals surface area (Å²) in [5.74, 6) is 0.618. The summed E-state index contributed by atoms with van der Waals surface area (Å²) in [4.78, 5) is 0. The van der Waals surface area contributed by atoms with Crippen LogP contribution in [0.25, 0.3) is 0 Å². The molecule has 2 atom stereocenters. The summed E-state index contributed by atoms with van der Waals surface area (Å²) in [5.41, 5.74) is 1.49. The van der Waals surface area contributed by atoms with Gasteiger partial charge in [-0.1, -0.05) is 37.6 Å². The molecule has 0 nitrogen and oxygen atoms in total. The van der Waals surface area contributed by atoms with Crippen molar-refractivity contribution < 1.29 is 0 Å². The molecule has 0 bridgehead atoms. The smallest absolute Gasteiger partial charge is 0.00802 e. The molecule has 0 aromatic carbocycles. The predicted octanol–water partition coefficient (Wildman–Crippen LogP) is 3.37. The first-order chi connectivity index (χ1) is 5.06. The molecule has 1 aliphatic rings. The van der Waals surface area contributed by atoms with Crippen LogP contribution in [0, 0.1) is 18.3 Å². The topological polar surface area (TPSA) is 0 Å². The van der Waals surface area contributed by atoms with Crippen molar-refractivity contribution in [3.05, 3.63) is 30.7 Å². The molecule has 2 unspecified atom stereocenters. The van der Waals surface area contributed by atoms with E-state index >= 15 is 0 Å². The lowest BCUT2D eigenvalue weighted by Gasteiger charge is -2.31. The molecule has 1 radical (unpaired) electrons. The first-order valence-corrected chi connectivity index (χ1v) is 4.29. The van der Waals surface area contributed by atoms with Gasteiger partial charge in [-0.15, -0.1) is 0 Å². The Morgan fingerprint density at radius 1 is 1.64 bits per heavy atom. The normalized spacial score (nSPS) is 28.4.